The molecule has 0 unspecified atom stereocenters. The second-order valence-electron chi connectivity index (χ2n) is 4.54. The zero-order valence-electron chi connectivity index (χ0n) is 11.4. The Labute approximate surface area is 122 Å². The van der Waals surface area contributed by atoms with E-state index in [0.29, 0.717) is 12.2 Å². The molecule has 1 aromatic heterocycles. The van der Waals surface area contributed by atoms with Gasteiger partial charge in [-0.2, -0.15) is 0 Å². The maximum atomic E-state index is 12.4. The number of sulfonamides is 1. The second-order valence-corrected chi connectivity index (χ2v) is 7.00. The number of hydrogen-bond donors (Lipinski definition) is 2. The monoisotopic (exact) mass is 311 g/mol. The Balaban J connectivity index is 2.31. The van der Waals surface area contributed by atoms with Crippen LogP contribution in [-0.4, -0.2) is 13.4 Å². The average Bonchev–Trinajstić information content (AvgIpc) is 2.92. The van der Waals surface area contributed by atoms with E-state index in [0.717, 1.165) is 16.7 Å². The largest absolute Gasteiger partial charge is 0.326 e. The van der Waals surface area contributed by atoms with Crippen LogP contribution in [0.3, 0.4) is 0 Å². The number of aryl methyl sites for hydroxylation is 1. The Kier molecular flexibility index (Phi) is 4.54. The van der Waals surface area contributed by atoms with Crippen LogP contribution in [-0.2, 0) is 23.1 Å². The van der Waals surface area contributed by atoms with E-state index < -0.39 is 10.0 Å². The van der Waals surface area contributed by atoms with E-state index in [1.165, 1.54) is 11.3 Å². The number of nitrogens with zero attached hydrogens (tertiary/aromatic N) is 1. The molecule has 3 N–H and O–H groups in total. The standard InChI is InChI=1S/C13H17N3O2S2/c1-9-3-11(5-14)4-13(10(9)2)20(17,18)16-6-12-7-19-8-15-12/h3-4,7-8,16H,5-6,14H2,1-2H3. The van der Waals surface area contributed by atoms with Crippen LogP contribution < -0.4 is 10.5 Å². The highest BCUT2D eigenvalue weighted by atomic mass is 32.2. The van der Waals surface area contributed by atoms with Gasteiger partial charge in [-0.05, 0) is 36.6 Å². The van der Waals surface area contributed by atoms with E-state index in [4.69, 9.17) is 5.73 Å². The molecule has 1 heterocycles. The fraction of sp³-hybridized carbons (Fsp3) is 0.308. The summed E-state index contributed by atoms with van der Waals surface area (Å²) in [4.78, 5) is 4.34. The average molecular weight is 311 g/mol. The summed E-state index contributed by atoms with van der Waals surface area (Å²) in [5, 5.41) is 1.82. The molecule has 5 nitrogen and oxygen atoms in total. The molecule has 0 bridgehead atoms. The fourth-order valence-electron chi connectivity index (χ4n) is 1.87. The molecule has 0 fully saturated rings. The Morgan fingerprint density at radius 2 is 2.10 bits per heavy atom. The van der Waals surface area contributed by atoms with Gasteiger partial charge in [-0.3, -0.25) is 0 Å². The van der Waals surface area contributed by atoms with Gasteiger partial charge in [-0.15, -0.1) is 11.3 Å². The maximum Gasteiger partial charge on any atom is 0.241 e. The van der Waals surface area contributed by atoms with Crippen LogP contribution in [0.25, 0.3) is 0 Å². The van der Waals surface area contributed by atoms with Gasteiger partial charge in [-0.25, -0.2) is 18.1 Å². The number of aromatic nitrogens is 1. The molecular formula is C13H17N3O2S2. The summed E-state index contributed by atoms with van der Waals surface area (Å²) in [6.07, 6.45) is 0. The third-order valence-corrected chi connectivity index (χ3v) is 5.29. The summed E-state index contributed by atoms with van der Waals surface area (Å²) in [5.74, 6) is 0. The van der Waals surface area contributed by atoms with Crippen LogP contribution in [0.2, 0.25) is 0 Å². The highest BCUT2D eigenvalue weighted by Crippen LogP contribution is 2.21. The van der Waals surface area contributed by atoms with Crippen LogP contribution in [0.5, 0.6) is 0 Å². The summed E-state index contributed by atoms with van der Waals surface area (Å²) >= 11 is 1.44. The zero-order chi connectivity index (χ0) is 14.8. The van der Waals surface area contributed by atoms with Gasteiger partial charge in [0.15, 0.2) is 0 Å². The van der Waals surface area contributed by atoms with Crippen LogP contribution in [0.1, 0.15) is 22.4 Å². The number of rotatable bonds is 5. The molecule has 0 amide bonds. The first-order chi connectivity index (χ1) is 9.44. The summed E-state index contributed by atoms with van der Waals surface area (Å²) in [7, 11) is -3.56. The molecule has 20 heavy (non-hydrogen) atoms. The zero-order valence-corrected chi connectivity index (χ0v) is 13.0. The lowest BCUT2D eigenvalue weighted by molar-refractivity contribution is 0.579. The van der Waals surface area contributed by atoms with Gasteiger partial charge in [0.2, 0.25) is 10.0 Å². The second kappa shape index (κ2) is 6.01. The van der Waals surface area contributed by atoms with Gasteiger partial charge in [0.1, 0.15) is 0 Å². The number of benzene rings is 1. The van der Waals surface area contributed by atoms with Gasteiger partial charge in [0.05, 0.1) is 22.6 Å². The molecular weight excluding hydrogens is 294 g/mol. The predicted molar refractivity (Wildman–Crippen MR) is 79.9 cm³/mol. The fourth-order valence-corrected chi connectivity index (χ4v) is 3.79. The van der Waals surface area contributed by atoms with Crippen molar-refractivity contribution in [2.24, 2.45) is 5.73 Å². The minimum absolute atomic E-state index is 0.192. The molecule has 0 aliphatic heterocycles. The third-order valence-electron chi connectivity index (χ3n) is 3.13. The minimum Gasteiger partial charge on any atom is -0.326 e. The molecule has 0 saturated heterocycles. The minimum atomic E-state index is -3.56. The molecule has 108 valence electrons. The number of nitrogens with one attached hydrogen (secondary N) is 1. The van der Waals surface area contributed by atoms with Gasteiger partial charge >= 0.3 is 0 Å². The molecule has 0 atom stereocenters. The molecule has 1 aromatic carbocycles. The topological polar surface area (TPSA) is 85.1 Å². The lowest BCUT2D eigenvalue weighted by Gasteiger charge is -2.12. The van der Waals surface area contributed by atoms with Crippen LogP contribution >= 0.6 is 11.3 Å². The van der Waals surface area contributed by atoms with E-state index in [1.54, 1.807) is 18.5 Å². The Morgan fingerprint density at radius 3 is 2.70 bits per heavy atom. The first kappa shape index (κ1) is 15.1. The van der Waals surface area contributed by atoms with Crippen molar-refractivity contribution in [2.45, 2.75) is 31.8 Å². The maximum absolute atomic E-state index is 12.4. The van der Waals surface area contributed by atoms with Crippen LogP contribution in [0.4, 0.5) is 0 Å². The van der Waals surface area contributed by atoms with Crippen molar-refractivity contribution in [3.63, 3.8) is 0 Å². The normalized spacial score (nSPS) is 11.8. The van der Waals surface area contributed by atoms with E-state index in [2.05, 4.69) is 9.71 Å². The lowest BCUT2D eigenvalue weighted by atomic mass is 10.1. The SMILES string of the molecule is Cc1cc(CN)cc(S(=O)(=O)NCc2cscn2)c1C. The lowest BCUT2D eigenvalue weighted by Crippen LogP contribution is -2.24. The third kappa shape index (κ3) is 3.24. The summed E-state index contributed by atoms with van der Waals surface area (Å²) in [6, 6.07) is 3.54. The molecule has 2 aromatic rings. The molecule has 0 aliphatic rings. The molecule has 2 rings (SSSR count). The van der Waals surface area contributed by atoms with Crippen molar-refractivity contribution in [3.8, 4) is 0 Å². The molecule has 0 aliphatic carbocycles. The Bertz CT molecular complexity index is 695. The highest BCUT2D eigenvalue weighted by molar-refractivity contribution is 7.89. The van der Waals surface area contributed by atoms with Gasteiger partial charge in [0, 0.05) is 11.9 Å². The van der Waals surface area contributed by atoms with E-state index in [9.17, 15) is 8.42 Å². The van der Waals surface area contributed by atoms with Crippen molar-refractivity contribution < 1.29 is 8.42 Å². The quantitative estimate of drug-likeness (QED) is 0.880. The van der Waals surface area contributed by atoms with E-state index in [1.807, 2.05) is 18.4 Å². The van der Waals surface area contributed by atoms with Gasteiger partial charge in [0.25, 0.3) is 0 Å². The van der Waals surface area contributed by atoms with E-state index >= 15 is 0 Å². The van der Waals surface area contributed by atoms with E-state index in [-0.39, 0.29) is 11.4 Å². The Morgan fingerprint density at radius 1 is 1.35 bits per heavy atom. The summed E-state index contributed by atoms with van der Waals surface area (Å²) in [6.45, 7) is 4.19. The van der Waals surface area contributed by atoms with Crippen molar-refractivity contribution in [2.75, 3.05) is 0 Å². The molecule has 0 spiro atoms. The highest BCUT2D eigenvalue weighted by Gasteiger charge is 2.18. The first-order valence-corrected chi connectivity index (χ1v) is 8.53. The smallest absolute Gasteiger partial charge is 0.241 e. The number of thiazole rings is 1. The summed E-state index contributed by atoms with van der Waals surface area (Å²) in [5.41, 5.74) is 10.5. The number of nitrogens with two attached hydrogens (primary N) is 1. The Hall–Kier alpha value is -1.28. The van der Waals surface area contributed by atoms with Gasteiger partial charge in [-0.1, -0.05) is 6.07 Å². The van der Waals surface area contributed by atoms with Gasteiger partial charge < -0.3 is 5.73 Å². The molecule has 0 saturated carbocycles. The predicted octanol–water partition coefficient (Wildman–Crippen LogP) is 1.70. The number of hydrogen-bond acceptors (Lipinski definition) is 5. The first-order valence-electron chi connectivity index (χ1n) is 6.11. The van der Waals surface area contributed by atoms with Crippen molar-refractivity contribution in [1.82, 2.24) is 9.71 Å². The molecule has 7 heteroatoms. The molecule has 0 radical (unpaired) electrons. The summed E-state index contributed by atoms with van der Waals surface area (Å²) < 4.78 is 27.4. The van der Waals surface area contributed by atoms with Crippen molar-refractivity contribution >= 4 is 21.4 Å². The van der Waals surface area contributed by atoms with Crippen molar-refractivity contribution in [3.05, 3.63) is 45.4 Å². The van der Waals surface area contributed by atoms with Crippen LogP contribution in [0, 0.1) is 13.8 Å². The van der Waals surface area contributed by atoms with Crippen molar-refractivity contribution in [1.29, 1.82) is 0 Å². The van der Waals surface area contributed by atoms with Crippen LogP contribution in [0.15, 0.2) is 27.9 Å².